The van der Waals surface area contributed by atoms with Crippen molar-refractivity contribution in [3.8, 4) is 5.75 Å². The Labute approximate surface area is 134 Å². The summed E-state index contributed by atoms with van der Waals surface area (Å²) in [5, 5.41) is 2.67. The Balaban J connectivity index is 1.53. The maximum atomic E-state index is 12.3. The van der Waals surface area contributed by atoms with Gasteiger partial charge in [0.1, 0.15) is 11.9 Å². The van der Waals surface area contributed by atoms with E-state index in [0.29, 0.717) is 30.1 Å². The van der Waals surface area contributed by atoms with Crippen LogP contribution in [0, 0.1) is 0 Å². The van der Waals surface area contributed by atoms with Crippen LogP contribution in [0.2, 0.25) is 0 Å². The van der Waals surface area contributed by atoms with Crippen LogP contribution < -0.4 is 10.1 Å². The fourth-order valence-electron chi connectivity index (χ4n) is 2.37. The molecule has 1 aromatic heterocycles. The van der Waals surface area contributed by atoms with Crippen molar-refractivity contribution in [2.24, 2.45) is 0 Å². The molecular weight excluding hydrogens is 294 g/mol. The minimum Gasteiger partial charge on any atom is -0.485 e. The van der Waals surface area contributed by atoms with Crippen LogP contribution in [0.3, 0.4) is 0 Å². The van der Waals surface area contributed by atoms with Crippen molar-refractivity contribution in [3.63, 3.8) is 0 Å². The zero-order chi connectivity index (χ0) is 16.2. The highest BCUT2D eigenvalue weighted by Crippen LogP contribution is 2.20. The van der Waals surface area contributed by atoms with Gasteiger partial charge in [-0.15, -0.1) is 0 Å². The predicted molar refractivity (Wildman–Crippen MR) is 85.3 cm³/mol. The van der Waals surface area contributed by atoms with E-state index >= 15 is 0 Å². The van der Waals surface area contributed by atoms with Gasteiger partial charge in [0.15, 0.2) is 0 Å². The number of ether oxygens (including phenoxy) is 1. The number of benzene rings is 1. The Morgan fingerprint density at radius 1 is 1.22 bits per heavy atom. The molecule has 6 heteroatoms. The Hall–Kier alpha value is -2.89. The van der Waals surface area contributed by atoms with E-state index < -0.39 is 0 Å². The summed E-state index contributed by atoms with van der Waals surface area (Å²) in [6, 6.07) is 10.5. The van der Waals surface area contributed by atoms with Gasteiger partial charge in [-0.1, -0.05) is 0 Å². The number of hydrogen-bond acceptors (Lipinski definition) is 4. The first kappa shape index (κ1) is 15.0. The molecule has 1 aromatic carbocycles. The van der Waals surface area contributed by atoms with E-state index in [1.807, 2.05) is 12.1 Å². The van der Waals surface area contributed by atoms with Crippen molar-refractivity contribution in [1.82, 2.24) is 9.88 Å². The maximum absolute atomic E-state index is 12.3. The number of anilines is 1. The zero-order valence-corrected chi connectivity index (χ0v) is 12.7. The molecule has 0 radical (unpaired) electrons. The van der Waals surface area contributed by atoms with Crippen molar-refractivity contribution in [2.75, 3.05) is 18.4 Å². The van der Waals surface area contributed by atoms with Crippen LogP contribution in [0.15, 0.2) is 48.8 Å². The van der Waals surface area contributed by atoms with Crippen LogP contribution >= 0.6 is 0 Å². The summed E-state index contributed by atoms with van der Waals surface area (Å²) in [6.07, 6.45) is 3.35. The number of nitrogens with one attached hydrogen (secondary N) is 1. The molecule has 23 heavy (non-hydrogen) atoms. The highest BCUT2D eigenvalue weighted by molar-refractivity contribution is 5.96. The molecule has 2 aromatic rings. The number of carbonyl (C=O) groups is 2. The molecule has 3 rings (SSSR count). The SMILES string of the molecule is CC(=O)Nc1ccc(C(=O)N2CC(Oc3cccnc3)C2)cc1. The van der Waals surface area contributed by atoms with E-state index in [-0.39, 0.29) is 17.9 Å². The van der Waals surface area contributed by atoms with Gasteiger partial charge < -0.3 is 15.0 Å². The number of likely N-dealkylation sites (tertiary alicyclic amines) is 1. The first-order valence-corrected chi connectivity index (χ1v) is 7.35. The third kappa shape index (κ3) is 3.66. The quantitative estimate of drug-likeness (QED) is 0.936. The van der Waals surface area contributed by atoms with Gasteiger partial charge in [-0.25, -0.2) is 0 Å². The van der Waals surface area contributed by atoms with Gasteiger partial charge in [-0.05, 0) is 36.4 Å². The molecule has 1 saturated heterocycles. The lowest BCUT2D eigenvalue weighted by molar-refractivity contribution is -0.114. The molecule has 0 spiro atoms. The van der Waals surface area contributed by atoms with Crippen molar-refractivity contribution < 1.29 is 14.3 Å². The second-order valence-corrected chi connectivity index (χ2v) is 5.40. The Bertz CT molecular complexity index is 695. The van der Waals surface area contributed by atoms with Gasteiger partial charge in [0.2, 0.25) is 5.91 Å². The average molecular weight is 311 g/mol. The summed E-state index contributed by atoms with van der Waals surface area (Å²) >= 11 is 0. The number of pyridine rings is 1. The number of rotatable bonds is 4. The summed E-state index contributed by atoms with van der Waals surface area (Å²) in [6.45, 7) is 2.56. The van der Waals surface area contributed by atoms with Crippen LogP contribution in [0.1, 0.15) is 17.3 Å². The predicted octanol–water partition coefficient (Wildman–Crippen LogP) is 1.94. The lowest BCUT2D eigenvalue weighted by Gasteiger charge is -2.38. The van der Waals surface area contributed by atoms with Gasteiger partial charge >= 0.3 is 0 Å². The summed E-state index contributed by atoms with van der Waals surface area (Å²) in [7, 11) is 0. The lowest BCUT2D eigenvalue weighted by Crippen LogP contribution is -2.56. The van der Waals surface area contributed by atoms with E-state index in [0.717, 1.165) is 0 Å². The molecule has 1 aliphatic rings. The zero-order valence-electron chi connectivity index (χ0n) is 12.7. The largest absolute Gasteiger partial charge is 0.485 e. The van der Waals surface area contributed by atoms with E-state index in [4.69, 9.17) is 4.74 Å². The van der Waals surface area contributed by atoms with Gasteiger partial charge in [0.25, 0.3) is 5.91 Å². The molecule has 118 valence electrons. The van der Waals surface area contributed by atoms with Gasteiger partial charge in [-0.3, -0.25) is 14.6 Å². The molecule has 2 amide bonds. The summed E-state index contributed by atoms with van der Waals surface area (Å²) in [5.41, 5.74) is 1.27. The first-order valence-electron chi connectivity index (χ1n) is 7.35. The van der Waals surface area contributed by atoms with Crippen LogP contribution in [-0.4, -0.2) is 40.9 Å². The number of aromatic nitrogens is 1. The van der Waals surface area contributed by atoms with Crippen molar-refractivity contribution in [2.45, 2.75) is 13.0 Å². The molecule has 6 nitrogen and oxygen atoms in total. The fraction of sp³-hybridized carbons (Fsp3) is 0.235. The van der Waals surface area contributed by atoms with Crippen molar-refractivity contribution >= 4 is 17.5 Å². The molecule has 0 bridgehead atoms. The van der Waals surface area contributed by atoms with E-state index in [9.17, 15) is 9.59 Å². The number of hydrogen-bond donors (Lipinski definition) is 1. The molecule has 0 saturated carbocycles. The molecule has 1 aliphatic heterocycles. The topological polar surface area (TPSA) is 71.5 Å². The second kappa shape index (κ2) is 6.48. The summed E-state index contributed by atoms with van der Waals surface area (Å²) < 4.78 is 5.73. The first-order chi connectivity index (χ1) is 11.1. The molecule has 2 heterocycles. The average Bonchev–Trinajstić information content (AvgIpc) is 2.51. The Morgan fingerprint density at radius 3 is 2.57 bits per heavy atom. The highest BCUT2D eigenvalue weighted by atomic mass is 16.5. The third-order valence-electron chi connectivity index (χ3n) is 3.52. The van der Waals surface area contributed by atoms with E-state index in [1.165, 1.54) is 6.92 Å². The third-order valence-corrected chi connectivity index (χ3v) is 3.52. The fourth-order valence-corrected chi connectivity index (χ4v) is 2.37. The Morgan fingerprint density at radius 2 is 1.96 bits per heavy atom. The maximum Gasteiger partial charge on any atom is 0.254 e. The van der Waals surface area contributed by atoms with E-state index in [1.54, 1.807) is 41.6 Å². The number of carbonyl (C=O) groups excluding carboxylic acids is 2. The standard InChI is InChI=1S/C17H17N3O3/c1-12(21)19-14-6-4-13(5-7-14)17(22)20-10-16(11-20)23-15-3-2-8-18-9-15/h2-9,16H,10-11H2,1H3,(H,19,21). The van der Waals surface area contributed by atoms with Crippen LogP contribution in [-0.2, 0) is 4.79 Å². The molecule has 0 atom stereocenters. The van der Waals surface area contributed by atoms with Crippen molar-refractivity contribution in [1.29, 1.82) is 0 Å². The smallest absolute Gasteiger partial charge is 0.254 e. The lowest BCUT2D eigenvalue weighted by atomic mass is 10.1. The molecule has 0 unspecified atom stereocenters. The van der Waals surface area contributed by atoms with Gasteiger partial charge in [0, 0.05) is 24.4 Å². The molecule has 1 fully saturated rings. The minimum atomic E-state index is -0.137. The van der Waals surface area contributed by atoms with Crippen molar-refractivity contribution in [3.05, 3.63) is 54.4 Å². The van der Waals surface area contributed by atoms with Gasteiger partial charge in [-0.2, -0.15) is 0 Å². The molecular formula is C17H17N3O3. The summed E-state index contributed by atoms with van der Waals surface area (Å²) in [5.74, 6) is 0.539. The van der Waals surface area contributed by atoms with Crippen LogP contribution in [0.25, 0.3) is 0 Å². The normalized spacial score (nSPS) is 14.0. The number of nitrogens with zero attached hydrogens (tertiary/aromatic N) is 2. The molecule has 0 aliphatic carbocycles. The Kier molecular flexibility index (Phi) is 4.23. The minimum absolute atomic E-state index is 0.00167. The summed E-state index contributed by atoms with van der Waals surface area (Å²) in [4.78, 5) is 29.0. The van der Waals surface area contributed by atoms with Crippen LogP contribution in [0.5, 0.6) is 5.75 Å². The van der Waals surface area contributed by atoms with Gasteiger partial charge in [0.05, 0.1) is 19.3 Å². The van der Waals surface area contributed by atoms with Crippen LogP contribution in [0.4, 0.5) is 5.69 Å². The monoisotopic (exact) mass is 311 g/mol. The highest BCUT2D eigenvalue weighted by Gasteiger charge is 2.32. The van der Waals surface area contributed by atoms with E-state index in [2.05, 4.69) is 10.3 Å². The second-order valence-electron chi connectivity index (χ2n) is 5.40. The number of amides is 2. The molecule has 1 N–H and O–H groups in total.